The van der Waals surface area contributed by atoms with Crippen LogP contribution in [0.25, 0.3) is 0 Å². The van der Waals surface area contributed by atoms with E-state index in [0.717, 1.165) is 0 Å². The molecule has 1 aliphatic rings. The van der Waals surface area contributed by atoms with Crippen molar-refractivity contribution in [2.45, 2.75) is 18.6 Å². The van der Waals surface area contributed by atoms with Gasteiger partial charge in [-0.1, -0.05) is 29.3 Å². The van der Waals surface area contributed by atoms with Gasteiger partial charge in [0.15, 0.2) is 0 Å². The number of carbonyl (C=O) groups is 3. The summed E-state index contributed by atoms with van der Waals surface area (Å²) in [6.07, 6.45) is 0.625. The Bertz CT molecular complexity index is 1210. The predicted octanol–water partition coefficient (Wildman–Crippen LogP) is 3.75. The minimum absolute atomic E-state index is 0.0777. The Morgan fingerprint density at radius 3 is 2.03 bits per heavy atom. The number of carbonyl (C=O) groups excluding carboxylic acids is 3. The van der Waals surface area contributed by atoms with Crippen molar-refractivity contribution < 1.29 is 32.3 Å². The summed E-state index contributed by atoms with van der Waals surface area (Å²) in [6.45, 7) is 0.356. The highest BCUT2D eigenvalue weighted by Gasteiger charge is 2.31. The molecule has 1 N–H and O–H groups in total. The first-order valence-corrected chi connectivity index (χ1v) is 12.9. The summed E-state index contributed by atoms with van der Waals surface area (Å²) in [5.74, 6) is -2.37. The lowest BCUT2D eigenvalue weighted by Gasteiger charge is -2.30. The van der Waals surface area contributed by atoms with Crippen LogP contribution in [0.3, 0.4) is 0 Å². The maximum Gasteiger partial charge on any atom is 0.337 e. The molecular weight excluding hydrogens is 519 g/mol. The van der Waals surface area contributed by atoms with Crippen LogP contribution in [0.1, 0.15) is 39.1 Å². The van der Waals surface area contributed by atoms with Gasteiger partial charge in [0.25, 0.3) is 0 Å². The number of anilines is 1. The molecule has 2 aromatic carbocycles. The molecule has 9 nitrogen and oxygen atoms in total. The Morgan fingerprint density at radius 1 is 0.943 bits per heavy atom. The highest BCUT2D eigenvalue weighted by molar-refractivity contribution is 7.88. The third-order valence-electron chi connectivity index (χ3n) is 5.59. The summed E-state index contributed by atoms with van der Waals surface area (Å²) in [7, 11) is -1.21. The number of methoxy groups -OCH3 is 2. The smallest absolute Gasteiger partial charge is 0.337 e. The number of hydrogen-bond donors (Lipinski definition) is 1. The number of nitrogens with zero attached hydrogens (tertiary/aromatic N) is 1. The first kappa shape index (κ1) is 26.9. The van der Waals surface area contributed by atoms with Crippen molar-refractivity contribution in [2.24, 2.45) is 5.92 Å². The van der Waals surface area contributed by atoms with Crippen molar-refractivity contribution in [3.8, 4) is 0 Å². The van der Waals surface area contributed by atoms with Gasteiger partial charge < -0.3 is 14.8 Å². The van der Waals surface area contributed by atoms with Crippen LogP contribution in [0.2, 0.25) is 10.0 Å². The Morgan fingerprint density at radius 2 is 1.51 bits per heavy atom. The third kappa shape index (κ3) is 6.72. The number of esters is 2. The van der Waals surface area contributed by atoms with Gasteiger partial charge >= 0.3 is 11.9 Å². The van der Waals surface area contributed by atoms with Gasteiger partial charge in [-0.05, 0) is 48.7 Å². The Balaban J connectivity index is 1.65. The summed E-state index contributed by atoms with van der Waals surface area (Å²) in [6, 6.07) is 8.78. The van der Waals surface area contributed by atoms with E-state index in [1.165, 1.54) is 42.8 Å². The average molecular weight is 543 g/mol. The molecule has 0 bridgehead atoms. The Kier molecular flexibility index (Phi) is 8.76. The van der Waals surface area contributed by atoms with Crippen LogP contribution in [0.5, 0.6) is 0 Å². The highest BCUT2D eigenvalue weighted by Crippen LogP contribution is 2.27. The first-order valence-electron chi connectivity index (χ1n) is 10.6. The lowest BCUT2D eigenvalue weighted by molar-refractivity contribution is -0.120. The quantitative estimate of drug-likeness (QED) is 0.529. The van der Waals surface area contributed by atoms with E-state index >= 15 is 0 Å². The molecule has 0 atom stereocenters. The fourth-order valence-electron chi connectivity index (χ4n) is 3.74. The van der Waals surface area contributed by atoms with Crippen molar-refractivity contribution in [3.05, 3.63) is 63.1 Å². The average Bonchev–Trinajstić information content (AvgIpc) is 2.84. The van der Waals surface area contributed by atoms with Crippen molar-refractivity contribution in [1.82, 2.24) is 4.31 Å². The summed E-state index contributed by atoms with van der Waals surface area (Å²) in [5.41, 5.74) is 0.905. The fourth-order valence-corrected chi connectivity index (χ4v) is 5.61. The fraction of sp³-hybridized carbons (Fsp3) is 0.348. The predicted molar refractivity (Wildman–Crippen MR) is 131 cm³/mol. The molecule has 0 unspecified atom stereocenters. The van der Waals surface area contributed by atoms with Gasteiger partial charge in [0.1, 0.15) is 0 Å². The SMILES string of the molecule is COC(=O)c1cc(NC(=O)C2CCN(S(=O)(=O)Cc3ccc(Cl)c(Cl)c3)CC2)cc(C(=O)OC)c1. The number of ether oxygens (including phenoxy) is 2. The van der Waals surface area contributed by atoms with Gasteiger partial charge in [0.05, 0.1) is 41.1 Å². The van der Waals surface area contributed by atoms with Crippen LogP contribution >= 0.6 is 23.2 Å². The standard InChI is InChI=1S/C23H24Cl2N2O7S/c1-33-22(29)16-10-17(23(30)34-2)12-18(11-16)26-21(28)15-5-7-27(8-6-15)35(31,32)13-14-3-4-19(24)20(25)9-14/h3-4,9-12,15H,5-8,13H2,1-2H3,(H,26,28). The second-order valence-corrected chi connectivity index (χ2v) is 10.7. The molecule has 0 spiro atoms. The van der Waals surface area contributed by atoms with Crippen molar-refractivity contribution in [1.29, 1.82) is 0 Å². The van der Waals surface area contributed by atoms with Gasteiger partial charge in [-0.3, -0.25) is 4.79 Å². The van der Waals surface area contributed by atoms with E-state index in [-0.39, 0.29) is 46.6 Å². The molecule has 3 rings (SSSR count). The van der Waals surface area contributed by atoms with E-state index in [1.54, 1.807) is 12.1 Å². The summed E-state index contributed by atoms with van der Waals surface area (Å²) < 4.78 is 36.4. The second kappa shape index (κ2) is 11.4. The van der Waals surface area contributed by atoms with Gasteiger partial charge in [-0.2, -0.15) is 0 Å². The number of piperidine rings is 1. The van der Waals surface area contributed by atoms with E-state index < -0.39 is 27.9 Å². The van der Waals surface area contributed by atoms with E-state index in [9.17, 15) is 22.8 Å². The molecule has 1 fully saturated rings. The molecular formula is C23H24Cl2N2O7S. The monoisotopic (exact) mass is 542 g/mol. The van der Waals surface area contributed by atoms with Gasteiger partial charge in [0.2, 0.25) is 15.9 Å². The minimum atomic E-state index is -3.61. The summed E-state index contributed by atoms with van der Waals surface area (Å²) >= 11 is 11.9. The molecule has 35 heavy (non-hydrogen) atoms. The number of hydrogen-bond acceptors (Lipinski definition) is 7. The summed E-state index contributed by atoms with van der Waals surface area (Å²) in [4.78, 5) is 36.7. The number of halogens is 2. The molecule has 0 radical (unpaired) electrons. The molecule has 0 saturated carbocycles. The van der Waals surface area contributed by atoms with Crippen molar-refractivity contribution in [2.75, 3.05) is 32.6 Å². The highest BCUT2D eigenvalue weighted by atomic mass is 35.5. The summed E-state index contributed by atoms with van der Waals surface area (Å²) in [5, 5.41) is 3.33. The number of nitrogens with one attached hydrogen (secondary N) is 1. The molecule has 12 heteroatoms. The molecule has 1 aliphatic heterocycles. The third-order valence-corrected chi connectivity index (χ3v) is 8.18. The van der Waals surface area contributed by atoms with Crippen LogP contribution in [0.15, 0.2) is 36.4 Å². The van der Waals surface area contributed by atoms with E-state index in [0.29, 0.717) is 23.4 Å². The molecule has 2 aromatic rings. The molecule has 0 aliphatic carbocycles. The Labute approximate surface area is 213 Å². The minimum Gasteiger partial charge on any atom is -0.465 e. The molecule has 1 heterocycles. The first-order chi connectivity index (χ1) is 16.5. The van der Waals surface area contributed by atoms with Crippen molar-refractivity contribution in [3.63, 3.8) is 0 Å². The van der Waals surface area contributed by atoms with Crippen molar-refractivity contribution >= 4 is 56.8 Å². The van der Waals surface area contributed by atoms with Crippen LogP contribution in [-0.2, 0) is 30.0 Å². The lowest BCUT2D eigenvalue weighted by atomic mass is 9.97. The zero-order chi connectivity index (χ0) is 25.8. The van der Waals surface area contributed by atoms with Crippen LogP contribution in [0.4, 0.5) is 5.69 Å². The molecule has 0 aromatic heterocycles. The maximum atomic E-state index is 12.8. The van der Waals surface area contributed by atoms with Gasteiger partial charge in [-0.25, -0.2) is 22.3 Å². The van der Waals surface area contributed by atoms with E-state index in [1.807, 2.05) is 0 Å². The molecule has 188 valence electrons. The zero-order valence-electron chi connectivity index (χ0n) is 19.0. The number of amides is 1. The number of rotatable bonds is 7. The topological polar surface area (TPSA) is 119 Å². The second-order valence-electron chi connectivity index (χ2n) is 7.95. The molecule has 1 amide bonds. The zero-order valence-corrected chi connectivity index (χ0v) is 21.4. The van der Waals surface area contributed by atoms with Gasteiger partial charge in [0, 0.05) is 24.7 Å². The van der Waals surface area contributed by atoms with E-state index in [4.69, 9.17) is 32.7 Å². The van der Waals surface area contributed by atoms with Crippen LogP contribution in [-0.4, -0.2) is 57.9 Å². The number of sulfonamides is 1. The largest absolute Gasteiger partial charge is 0.465 e. The van der Waals surface area contributed by atoms with Crippen LogP contribution in [0, 0.1) is 5.92 Å². The molecule has 1 saturated heterocycles. The maximum absolute atomic E-state index is 12.8. The van der Waals surface area contributed by atoms with Crippen LogP contribution < -0.4 is 5.32 Å². The van der Waals surface area contributed by atoms with Gasteiger partial charge in [-0.15, -0.1) is 0 Å². The normalized spacial score (nSPS) is 14.9. The lowest BCUT2D eigenvalue weighted by Crippen LogP contribution is -2.41. The van der Waals surface area contributed by atoms with E-state index in [2.05, 4.69) is 5.32 Å². The number of benzene rings is 2. The Hall–Kier alpha value is -2.66.